The Kier molecular flexibility index (Phi) is 7.64. The fourth-order valence-corrected chi connectivity index (χ4v) is 12.5. The summed E-state index contributed by atoms with van der Waals surface area (Å²) in [6.07, 6.45) is 18.0. The second kappa shape index (κ2) is 10.1. The molecule has 0 N–H and O–H groups in total. The second-order valence-electron chi connectivity index (χ2n) is 17.4. The third-order valence-electron chi connectivity index (χ3n) is 14.9. The van der Waals surface area contributed by atoms with Gasteiger partial charge in [-0.1, -0.05) is 52.7 Å². The van der Waals surface area contributed by atoms with Gasteiger partial charge in [0.1, 0.15) is 6.10 Å². The number of esters is 2. The third-order valence-corrected chi connectivity index (χ3v) is 14.9. The molecular weight excluding hydrogens is 520 g/mol. The van der Waals surface area contributed by atoms with E-state index in [1.807, 2.05) is 0 Å². The highest BCUT2D eigenvalue weighted by atomic mass is 16.5. The van der Waals surface area contributed by atoms with Crippen molar-refractivity contribution in [2.45, 2.75) is 132 Å². The number of carbonyl (C=O) groups is 2. The van der Waals surface area contributed by atoms with E-state index in [2.05, 4.69) is 54.0 Å². The Morgan fingerprint density at radius 2 is 1.60 bits per heavy atom. The van der Waals surface area contributed by atoms with Gasteiger partial charge in [-0.25, -0.2) is 0 Å². The average molecular weight is 579 g/mol. The Hall–Kier alpha value is -1.76. The van der Waals surface area contributed by atoms with Gasteiger partial charge in [0.05, 0.1) is 18.9 Å². The van der Waals surface area contributed by atoms with Gasteiger partial charge in [-0.3, -0.25) is 9.59 Å². The van der Waals surface area contributed by atoms with Crippen LogP contribution in [0, 0.1) is 74.4 Å². The average Bonchev–Trinajstić information content (AvgIpc) is 3.30. The maximum absolute atomic E-state index is 13.1. The van der Waals surface area contributed by atoms with Crippen molar-refractivity contribution in [3.63, 3.8) is 0 Å². The quantitative estimate of drug-likeness (QED) is 0.186. The Morgan fingerprint density at radius 1 is 0.905 bits per heavy atom. The number of hydrogen-bond donors (Lipinski definition) is 0. The number of methoxy groups -OCH3 is 1. The molecular formula is C38H58O4. The lowest BCUT2D eigenvalue weighted by Crippen LogP contribution is -2.66. The van der Waals surface area contributed by atoms with Gasteiger partial charge >= 0.3 is 11.9 Å². The van der Waals surface area contributed by atoms with Crippen LogP contribution in [-0.2, 0) is 19.1 Å². The molecule has 0 amide bonds. The summed E-state index contributed by atoms with van der Waals surface area (Å²) in [7, 11) is 1.37. The van der Waals surface area contributed by atoms with Crippen LogP contribution in [0.2, 0.25) is 0 Å². The molecule has 0 radical (unpaired) electrons. The molecule has 234 valence electrons. The molecule has 0 heterocycles. The number of allylic oxidation sites excluding steroid dienone is 1. The molecule has 42 heavy (non-hydrogen) atoms. The molecule has 0 bridgehead atoms. The van der Waals surface area contributed by atoms with E-state index < -0.39 is 5.41 Å². The van der Waals surface area contributed by atoms with Gasteiger partial charge in [0.15, 0.2) is 0 Å². The smallest absolute Gasteiger partial charge is 0.311 e. The number of ether oxygens (including phenoxy) is 2. The van der Waals surface area contributed by atoms with Gasteiger partial charge in [-0.05, 0) is 131 Å². The zero-order valence-corrected chi connectivity index (χ0v) is 28.2. The summed E-state index contributed by atoms with van der Waals surface area (Å²) in [6, 6.07) is 0. The minimum absolute atomic E-state index is 0.0418. The largest absolute Gasteiger partial charge is 0.469 e. The molecule has 0 aromatic heterocycles. The molecule has 5 fully saturated rings. The normalized spacial score (nSPS) is 45.7. The van der Waals surface area contributed by atoms with Crippen molar-refractivity contribution in [2.75, 3.05) is 7.11 Å². The summed E-state index contributed by atoms with van der Waals surface area (Å²) < 4.78 is 11.2. The van der Waals surface area contributed by atoms with Crippen molar-refractivity contribution in [1.82, 2.24) is 0 Å². The lowest BCUT2D eigenvalue weighted by Gasteiger charge is -2.72. The molecule has 5 aliphatic rings. The highest BCUT2D eigenvalue weighted by Crippen LogP contribution is 2.77. The highest BCUT2D eigenvalue weighted by molar-refractivity contribution is 5.82. The molecule has 0 aromatic rings. The van der Waals surface area contributed by atoms with Crippen LogP contribution < -0.4 is 0 Å². The second-order valence-corrected chi connectivity index (χ2v) is 17.4. The van der Waals surface area contributed by atoms with Crippen LogP contribution in [0.15, 0.2) is 12.2 Å². The molecule has 5 aliphatic carbocycles. The maximum atomic E-state index is 13.1. The Labute approximate surface area is 256 Å². The molecule has 0 aromatic carbocycles. The maximum Gasteiger partial charge on any atom is 0.311 e. The van der Waals surface area contributed by atoms with Crippen LogP contribution in [-0.4, -0.2) is 25.2 Å². The van der Waals surface area contributed by atoms with E-state index in [0.29, 0.717) is 29.6 Å². The summed E-state index contributed by atoms with van der Waals surface area (Å²) in [4.78, 5) is 25.3. The topological polar surface area (TPSA) is 52.6 Å². The first kappa shape index (κ1) is 31.7. The first-order valence-corrected chi connectivity index (χ1v) is 16.8. The zero-order chi connectivity index (χ0) is 31.1. The van der Waals surface area contributed by atoms with Gasteiger partial charge in [0.2, 0.25) is 0 Å². The van der Waals surface area contributed by atoms with Gasteiger partial charge in [-0.15, -0.1) is 6.42 Å². The highest BCUT2D eigenvalue weighted by Gasteiger charge is 2.71. The molecule has 5 saturated carbocycles. The molecule has 0 saturated heterocycles. The summed E-state index contributed by atoms with van der Waals surface area (Å²) in [5.74, 6) is 5.68. The Morgan fingerprint density at radius 3 is 2.21 bits per heavy atom. The van der Waals surface area contributed by atoms with Crippen LogP contribution in [0.3, 0.4) is 0 Å². The molecule has 0 spiro atoms. The first-order chi connectivity index (χ1) is 19.4. The molecule has 4 nitrogen and oxygen atoms in total. The van der Waals surface area contributed by atoms with Gasteiger partial charge in [0, 0.05) is 10.8 Å². The van der Waals surface area contributed by atoms with Crippen molar-refractivity contribution in [1.29, 1.82) is 0 Å². The summed E-state index contributed by atoms with van der Waals surface area (Å²) in [5.41, 5.74) is 1.15. The SMILES string of the molecule is C#CC12CC[C@@H](C(=C)C)C1C1CCC3C(C)(CCC4C(C)(C)C(OC(=O)CC(C)(C)C(=O)OC)CC[C@@]43C)[C@]1(C)CC2. The zero-order valence-electron chi connectivity index (χ0n) is 28.2. The molecule has 5 rings (SSSR count). The van der Waals surface area contributed by atoms with E-state index in [-0.39, 0.29) is 51.5 Å². The monoisotopic (exact) mass is 578 g/mol. The van der Waals surface area contributed by atoms with Crippen molar-refractivity contribution < 1.29 is 19.1 Å². The van der Waals surface area contributed by atoms with Crippen molar-refractivity contribution in [2.24, 2.45) is 62.1 Å². The number of fused-ring (bicyclic) bond motifs is 7. The van der Waals surface area contributed by atoms with Crippen LogP contribution in [0.4, 0.5) is 0 Å². The lowest BCUT2D eigenvalue weighted by atomic mass is 9.32. The van der Waals surface area contributed by atoms with Crippen molar-refractivity contribution in [3.05, 3.63) is 12.2 Å². The van der Waals surface area contributed by atoms with E-state index in [4.69, 9.17) is 15.9 Å². The molecule has 0 aliphatic heterocycles. The minimum atomic E-state index is -0.890. The van der Waals surface area contributed by atoms with E-state index in [0.717, 1.165) is 12.8 Å². The van der Waals surface area contributed by atoms with E-state index in [1.54, 1.807) is 13.8 Å². The summed E-state index contributed by atoms with van der Waals surface area (Å²) in [6.45, 7) is 22.8. The van der Waals surface area contributed by atoms with Crippen LogP contribution >= 0.6 is 0 Å². The van der Waals surface area contributed by atoms with Crippen molar-refractivity contribution in [3.8, 4) is 12.3 Å². The van der Waals surface area contributed by atoms with Crippen molar-refractivity contribution >= 4 is 11.9 Å². The van der Waals surface area contributed by atoms with E-state index >= 15 is 0 Å². The van der Waals surface area contributed by atoms with Gasteiger partial charge in [0.25, 0.3) is 0 Å². The van der Waals surface area contributed by atoms with Gasteiger partial charge in [-0.2, -0.15) is 0 Å². The minimum Gasteiger partial charge on any atom is -0.469 e. The number of carbonyl (C=O) groups excluding carboxylic acids is 2. The lowest BCUT2D eigenvalue weighted by molar-refractivity contribution is -0.247. The first-order valence-electron chi connectivity index (χ1n) is 16.8. The van der Waals surface area contributed by atoms with Gasteiger partial charge < -0.3 is 9.47 Å². The van der Waals surface area contributed by atoms with E-state index in [1.165, 1.54) is 64.0 Å². The number of terminal acetylenes is 1. The third kappa shape index (κ3) is 4.29. The number of hydrogen-bond acceptors (Lipinski definition) is 4. The predicted octanol–water partition coefficient (Wildman–Crippen LogP) is 8.78. The summed E-state index contributed by atoms with van der Waals surface area (Å²) >= 11 is 0. The van der Waals surface area contributed by atoms with Crippen LogP contribution in [0.1, 0.15) is 126 Å². The summed E-state index contributed by atoms with van der Waals surface area (Å²) in [5, 5.41) is 0. The van der Waals surface area contributed by atoms with Crippen LogP contribution in [0.5, 0.6) is 0 Å². The predicted molar refractivity (Wildman–Crippen MR) is 168 cm³/mol. The molecule has 4 heteroatoms. The fraction of sp³-hybridized carbons (Fsp3) is 0.842. The Bertz CT molecular complexity index is 1170. The fourth-order valence-electron chi connectivity index (χ4n) is 12.5. The standard InChI is InChI=1S/C38H58O4/c1-12-38-20-15-25(24(2)3)31(38)26-13-14-28-35(8)18-17-29(42-30(39)23-33(4,5)32(40)41-11)34(6,7)27(35)16-19-37(28,10)36(26,9)21-22-38/h1,25-29,31H,2,13-23H2,3-11H3/t25-,26?,27?,28?,29?,31?,35-,36+,37?,38?/m0/s1. The van der Waals surface area contributed by atoms with Crippen LogP contribution in [0.25, 0.3) is 0 Å². The Balaban J connectivity index is 1.40. The number of rotatable bonds is 5. The molecule has 10 atom stereocenters. The molecule has 7 unspecified atom stereocenters. The van der Waals surface area contributed by atoms with E-state index in [9.17, 15) is 9.59 Å².